The molecule has 0 aliphatic carbocycles. The summed E-state index contributed by atoms with van der Waals surface area (Å²) in [5, 5.41) is 2.77. The van der Waals surface area contributed by atoms with Gasteiger partial charge in [0.25, 0.3) is 0 Å². The van der Waals surface area contributed by atoms with Gasteiger partial charge in [0.1, 0.15) is 5.54 Å². The molecule has 0 radical (unpaired) electrons. The highest BCUT2D eigenvalue weighted by Gasteiger charge is 2.38. The van der Waals surface area contributed by atoms with Crippen LogP contribution in [0.3, 0.4) is 0 Å². The normalized spacial score (nSPS) is 24.1. The van der Waals surface area contributed by atoms with Crippen LogP contribution in [0.2, 0.25) is 0 Å². The van der Waals surface area contributed by atoms with Gasteiger partial charge in [0, 0.05) is 19.0 Å². The number of carbonyl (C=O) groups excluding carboxylic acids is 2. The van der Waals surface area contributed by atoms with Crippen LogP contribution in [-0.4, -0.2) is 34.8 Å². The summed E-state index contributed by atoms with van der Waals surface area (Å²) in [7, 11) is 0. The molecule has 0 spiro atoms. The summed E-state index contributed by atoms with van der Waals surface area (Å²) in [5.74, 6) is -0.0797. The lowest BCUT2D eigenvalue weighted by Gasteiger charge is -2.31. The average Bonchev–Trinajstić information content (AvgIpc) is 2.21. The van der Waals surface area contributed by atoms with E-state index in [0.29, 0.717) is 13.0 Å². The van der Waals surface area contributed by atoms with Crippen LogP contribution in [0.5, 0.6) is 0 Å². The second kappa shape index (κ2) is 4.90. The minimum Gasteiger partial charge on any atom is -0.342 e. The van der Waals surface area contributed by atoms with Crippen molar-refractivity contribution in [3.8, 4) is 0 Å². The highest BCUT2D eigenvalue weighted by Crippen LogP contribution is 2.18. The minimum absolute atomic E-state index is 0.0200. The Bertz CT molecular complexity index is 354. The van der Waals surface area contributed by atoms with Gasteiger partial charge in [-0.1, -0.05) is 11.6 Å². The van der Waals surface area contributed by atoms with E-state index in [-0.39, 0.29) is 17.9 Å². The summed E-state index contributed by atoms with van der Waals surface area (Å²) in [6, 6.07) is -0.0557. The SMILES string of the molecule is CC(C)=CCN1C(=O)C(C)(C)NC(=O)CC1C. The summed E-state index contributed by atoms with van der Waals surface area (Å²) < 4.78 is 0. The maximum Gasteiger partial charge on any atom is 0.248 e. The Morgan fingerprint density at radius 3 is 2.59 bits per heavy atom. The van der Waals surface area contributed by atoms with E-state index >= 15 is 0 Å². The molecule has 0 aromatic carbocycles. The molecule has 0 bridgehead atoms. The van der Waals surface area contributed by atoms with E-state index in [1.807, 2.05) is 26.8 Å². The Morgan fingerprint density at radius 1 is 1.47 bits per heavy atom. The van der Waals surface area contributed by atoms with Gasteiger partial charge >= 0.3 is 0 Å². The van der Waals surface area contributed by atoms with Gasteiger partial charge in [-0.05, 0) is 34.6 Å². The summed E-state index contributed by atoms with van der Waals surface area (Å²) in [5.41, 5.74) is 0.364. The Morgan fingerprint density at radius 2 is 2.06 bits per heavy atom. The van der Waals surface area contributed by atoms with Crippen molar-refractivity contribution < 1.29 is 9.59 Å². The number of rotatable bonds is 2. The van der Waals surface area contributed by atoms with Crippen LogP contribution in [-0.2, 0) is 9.59 Å². The molecule has 0 saturated carbocycles. The summed E-state index contributed by atoms with van der Waals surface area (Å²) >= 11 is 0. The quantitative estimate of drug-likeness (QED) is 0.741. The van der Waals surface area contributed by atoms with Crippen LogP contribution >= 0.6 is 0 Å². The van der Waals surface area contributed by atoms with E-state index in [9.17, 15) is 9.59 Å². The Labute approximate surface area is 103 Å². The first-order valence-corrected chi connectivity index (χ1v) is 5.99. The van der Waals surface area contributed by atoms with Crippen LogP contribution in [0, 0.1) is 0 Å². The Balaban J connectivity index is 2.95. The van der Waals surface area contributed by atoms with E-state index in [1.54, 1.807) is 18.7 Å². The molecule has 1 N–H and O–H groups in total. The molecule has 1 saturated heterocycles. The number of nitrogens with one attached hydrogen (secondary N) is 1. The van der Waals surface area contributed by atoms with Crippen LogP contribution in [0.25, 0.3) is 0 Å². The maximum absolute atomic E-state index is 12.3. The summed E-state index contributed by atoms with van der Waals surface area (Å²) in [6.07, 6.45) is 2.38. The molecule has 1 rings (SSSR count). The van der Waals surface area contributed by atoms with Gasteiger partial charge in [-0.15, -0.1) is 0 Å². The third kappa shape index (κ3) is 3.32. The lowest BCUT2D eigenvalue weighted by atomic mass is 10.0. The van der Waals surface area contributed by atoms with Gasteiger partial charge in [-0.25, -0.2) is 0 Å². The van der Waals surface area contributed by atoms with Crippen LogP contribution in [0.4, 0.5) is 0 Å². The van der Waals surface area contributed by atoms with Gasteiger partial charge < -0.3 is 10.2 Å². The highest BCUT2D eigenvalue weighted by atomic mass is 16.2. The van der Waals surface area contributed by atoms with Gasteiger partial charge in [0.15, 0.2) is 0 Å². The molecule has 0 aromatic heterocycles. The highest BCUT2D eigenvalue weighted by molar-refractivity contribution is 5.93. The molecular weight excluding hydrogens is 216 g/mol. The summed E-state index contributed by atoms with van der Waals surface area (Å²) in [6.45, 7) is 9.99. The van der Waals surface area contributed by atoms with Crippen LogP contribution < -0.4 is 5.32 Å². The van der Waals surface area contributed by atoms with Crippen LogP contribution in [0.15, 0.2) is 11.6 Å². The van der Waals surface area contributed by atoms with Crippen molar-refractivity contribution in [3.05, 3.63) is 11.6 Å². The van der Waals surface area contributed by atoms with E-state index in [4.69, 9.17) is 0 Å². The smallest absolute Gasteiger partial charge is 0.248 e. The molecule has 1 atom stereocenters. The molecule has 1 fully saturated rings. The number of allylic oxidation sites excluding steroid dienone is 1. The second-order valence-corrected chi connectivity index (χ2v) is 5.47. The number of hydrogen-bond donors (Lipinski definition) is 1. The number of amides is 2. The molecule has 4 nitrogen and oxygen atoms in total. The predicted octanol–water partition coefficient (Wildman–Crippen LogP) is 1.47. The molecule has 1 heterocycles. The third-order valence-corrected chi connectivity index (χ3v) is 2.96. The fourth-order valence-corrected chi connectivity index (χ4v) is 1.93. The Kier molecular flexibility index (Phi) is 3.96. The zero-order valence-electron chi connectivity index (χ0n) is 11.3. The van der Waals surface area contributed by atoms with Gasteiger partial charge in [0.2, 0.25) is 11.8 Å². The van der Waals surface area contributed by atoms with Crippen molar-refractivity contribution in [2.24, 2.45) is 0 Å². The fourth-order valence-electron chi connectivity index (χ4n) is 1.93. The predicted molar refractivity (Wildman–Crippen MR) is 67.4 cm³/mol. The van der Waals surface area contributed by atoms with E-state index in [1.165, 1.54) is 5.57 Å². The lowest BCUT2D eigenvalue weighted by Crippen LogP contribution is -2.53. The second-order valence-electron chi connectivity index (χ2n) is 5.47. The first-order chi connectivity index (χ1) is 7.74. The molecule has 1 unspecified atom stereocenters. The summed E-state index contributed by atoms with van der Waals surface area (Å²) in [4.78, 5) is 25.7. The zero-order valence-corrected chi connectivity index (χ0v) is 11.3. The molecule has 17 heavy (non-hydrogen) atoms. The van der Waals surface area contributed by atoms with Crippen molar-refractivity contribution in [2.45, 2.75) is 52.6 Å². The maximum atomic E-state index is 12.3. The van der Waals surface area contributed by atoms with E-state index in [0.717, 1.165) is 0 Å². The first kappa shape index (κ1) is 13.7. The molecule has 1 aliphatic heterocycles. The van der Waals surface area contributed by atoms with Gasteiger partial charge in [-0.3, -0.25) is 9.59 Å². The van der Waals surface area contributed by atoms with Crippen molar-refractivity contribution in [2.75, 3.05) is 6.54 Å². The average molecular weight is 238 g/mol. The van der Waals surface area contributed by atoms with Gasteiger partial charge in [0.05, 0.1) is 0 Å². The van der Waals surface area contributed by atoms with Crippen molar-refractivity contribution in [3.63, 3.8) is 0 Å². The van der Waals surface area contributed by atoms with Crippen molar-refractivity contribution in [1.82, 2.24) is 10.2 Å². The van der Waals surface area contributed by atoms with E-state index in [2.05, 4.69) is 5.32 Å². The molecule has 2 amide bonds. The standard InChI is InChI=1S/C13H22N2O2/c1-9(2)6-7-15-10(3)8-11(16)14-13(4,5)12(15)17/h6,10H,7-8H2,1-5H3,(H,14,16). The van der Waals surface area contributed by atoms with Crippen LogP contribution in [0.1, 0.15) is 41.0 Å². The topological polar surface area (TPSA) is 49.4 Å². The monoisotopic (exact) mass is 238 g/mol. The van der Waals surface area contributed by atoms with E-state index < -0.39 is 5.54 Å². The third-order valence-electron chi connectivity index (χ3n) is 2.96. The zero-order chi connectivity index (χ0) is 13.2. The number of hydrogen-bond acceptors (Lipinski definition) is 2. The molecular formula is C13H22N2O2. The minimum atomic E-state index is -0.808. The molecule has 4 heteroatoms. The molecule has 0 aromatic rings. The Hall–Kier alpha value is -1.32. The van der Waals surface area contributed by atoms with Crippen molar-refractivity contribution in [1.29, 1.82) is 0 Å². The molecule has 1 aliphatic rings. The largest absolute Gasteiger partial charge is 0.342 e. The lowest BCUT2D eigenvalue weighted by molar-refractivity contribution is -0.138. The van der Waals surface area contributed by atoms with Gasteiger partial charge in [-0.2, -0.15) is 0 Å². The van der Waals surface area contributed by atoms with Crippen molar-refractivity contribution >= 4 is 11.8 Å². The number of carbonyl (C=O) groups is 2. The fraction of sp³-hybridized carbons (Fsp3) is 0.692. The number of nitrogens with zero attached hydrogens (tertiary/aromatic N) is 1. The molecule has 96 valence electrons. The first-order valence-electron chi connectivity index (χ1n) is 5.99.